The predicted octanol–water partition coefficient (Wildman–Crippen LogP) is 3.04. The van der Waals surface area contributed by atoms with Crippen molar-refractivity contribution in [3.8, 4) is 0 Å². The molecule has 5 heteroatoms. The Balaban J connectivity index is 1.58. The molecular weight excluding hydrogens is 356 g/mol. The van der Waals surface area contributed by atoms with Crippen LogP contribution in [0.15, 0.2) is 0 Å². The molecule has 0 aromatic carbocycles. The Bertz CT molecular complexity index is 634. The lowest BCUT2D eigenvalue weighted by molar-refractivity contribution is -0.209. The molecule has 4 aliphatic carbocycles. The van der Waals surface area contributed by atoms with E-state index in [-0.39, 0.29) is 23.4 Å². The molecule has 0 bridgehead atoms. The molecule has 0 heterocycles. The van der Waals surface area contributed by atoms with E-state index in [1.807, 2.05) is 0 Å². The fourth-order valence-corrected chi connectivity index (χ4v) is 8.37. The van der Waals surface area contributed by atoms with E-state index in [1.54, 1.807) is 6.92 Å². The summed E-state index contributed by atoms with van der Waals surface area (Å²) >= 11 is 0. The van der Waals surface area contributed by atoms with Crippen molar-refractivity contribution >= 4 is 5.97 Å². The molecule has 28 heavy (non-hydrogen) atoms. The highest BCUT2D eigenvalue weighted by molar-refractivity contribution is 5.66. The summed E-state index contributed by atoms with van der Waals surface area (Å²) in [6.45, 7) is 7.66. The summed E-state index contributed by atoms with van der Waals surface area (Å²) in [5.74, 6) is 1.75. The number of fused-ring (bicyclic) bond motifs is 5. The van der Waals surface area contributed by atoms with Gasteiger partial charge in [0.25, 0.3) is 0 Å². The number of hydrogen-bond donors (Lipinski definition) is 3. The second kappa shape index (κ2) is 6.68. The Morgan fingerprint density at radius 3 is 2.43 bits per heavy atom. The standard InChI is InChI=1S/C23H38O5/c1-13(24)23(27)20(26)12-19-17-6-5-15-11-16(28-14(2)25)7-9-21(15,3)18(17)8-10-22(19,23)4/h13,15-20,24,26-27H,5-12H2,1-4H3/t13-,15+,16-,17-,18+,19+,20-,21+,22+,23-/m1/s1. The summed E-state index contributed by atoms with van der Waals surface area (Å²) in [7, 11) is 0. The maximum atomic E-state index is 11.4. The molecule has 5 nitrogen and oxygen atoms in total. The van der Waals surface area contributed by atoms with Crippen LogP contribution in [0.2, 0.25) is 0 Å². The lowest BCUT2D eigenvalue weighted by atomic mass is 9.44. The molecule has 0 unspecified atom stereocenters. The molecule has 4 fully saturated rings. The first-order valence-corrected chi connectivity index (χ1v) is 11.3. The molecule has 0 aromatic rings. The molecule has 10 atom stereocenters. The highest BCUT2D eigenvalue weighted by atomic mass is 16.5. The van der Waals surface area contributed by atoms with Gasteiger partial charge in [-0.3, -0.25) is 4.79 Å². The molecule has 160 valence electrons. The van der Waals surface area contributed by atoms with Gasteiger partial charge in [0, 0.05) is 12.3 Å². The average Bonchev–Trinajstić information content (AvgIpc) is 2.83. The van der Waals surface area contributed by atoms with Gasteiger partial charge in [0.2, 0.25) is 0 Å². The van der Waals surface area contributed by atoms with Crippen LogP contribution in [-0.4, -0.2) is 45.2 Å². The van der Waals surface area contributed by atoms with Gasteiger partial charge in [0.1, 0.15) is 11.7 Å². The number of rotatable bonds is 2. The Labute approximate surface area is 168 Å². The zero-order chi connectivity index (χ0) is 20.5. The third kappa shape index (κ3) is 2.65. The highest BCUT2D eigenvalue weighted by Gasteiger charge is 2.69. The van der Waals surface area contributed by atoms with Gasteiger partial charge in [0.05, 0.1) is 12.2 Å². The van der Waals surface area contributed by atoms with Crippen molar-refractivity contribution < 1.29 is 24.9 Å². The molecule has 0 amide bonds. The molecular formula is C23H38O5. The Morgan fingerprint density at radius 2 is 1.79 bits per heavy atom. The summed E-state index contributed by atoms with van der Waals surface area (Å²) in [6.07, 6.45) is 6.02. The van der Waals surface area contributed by atoms with Gasteiger partial charge in [-0.2, -0.15) is 0 Å². The number of aliphatic hydroxyl groups excluding tert-OH is 2. The van der Waals surface area contributed by atoms with Crippen molar-refractivity contribution in [3.05, 3.63) is 0 Å². The van der Waals surface area contributed by atoms with Crippen molar-refractivity contribution in [3.63, 3.8) is 0 Å². The Hall–Kier alpha value is -0.650. The van der Waals surface area contributed by atoms with Crippen LogP contribution in [0.25, 0.3) is 0 Å². The van der Waals surface area contributed by atoms with Crippen molar-refractivity contribution in [1.82, 2.24) is 0 Å². The second-order valence-corrected chi connectivity index (χ2v) is 10.9. The summed E-state index contributed by atoms with van der Waals surface area (Å²) in [5.41, 5.74) is -1.59. The summed E-state index contributed by atoms with van der Waals surface area (Å²) < 4.78 is 5.54. The van der Waals surface area contributed by atoms with Crippen LogP contribution >= 0.6 is 0 Å². The number of ether oxygens (including phenoxy) is 1. The number of carbonyl (C=O) groups excluding carboxylic acids is 1. The topological polar surface area (TPSA) is 87.0 Å². The average molecular weight is 395 g/mol. The summed E-state index contributed by atoms with van der Waals surface area (Å²) in [5, 5.41) is 32.5. The van der Waals surface area contributed by atoms with Crippen LogP contribution in [0.3, 0.4) is 0 Å². The highest BCUT2D eigenvalue weighted by Crippen LogP contribution is 2.68. The molecule has 4 saturated carbocycles. The van der Waals surface area contributed by atoms with E-state index in [4.69, 9.17) is 4.74 Å². The van der Waals surface area contributed by atoms with E-state index in [0.717, 1.165) is 44.9 Å². The number of esters is 1. The fraction of sp³-hybridized carbons (Fsp3) is 0.957. The fourth-order valence-electron chi connectivity index (χ4n) is 8.37. The van der Waals surface area contributed by atoms with E-state index in [1.165, 1.54) is 6.92 Å². The summed E-state index contributed by atoms with van der Waals surface area (Å²) in [6, 6.07) is 0. The molecule has 0 radical (unpaired) electrons. The quantitative estimate of drug-likeness (QED) is 0.627. The van der Waals surface area contributed by atoms with E-state index < -0.39 is 23.2 Å². The minimum absolute atomic E-state index is 0.0645. The Kier molecular flexibility index (Phi) is 4.92. The third-order valence-electron chi connectivity index (χ3n) is 9.88. The van der Waals surface area contributed by atoms with Crippen molar-refractivity contribution in [2.45, 2.75) is 103 Å². The van der Waals surface area contributed by atoms with Crippen LogP contribution in [0, 0.1) is 34.5 Å². The van der Waals surface area contributed by atoms with Gasteiger partial charge in [0.15, 0.2) is 0 Å². The second-order valence-electron chi connectivity index (χ2n) is 10.9. The Morgan fingerprint density at radius 1 is 1.07 bits per heavy atom. The first-order chi connectivity index (χ1) is 13.0. The van der Waals surface area contributed by atoms with Crippen LogP contribution in [0.4, 0.5) is 0 Å². The van der Waals surface area contributed by atoms with Crippen LogP contribution in [0.1, 0.15) is 79.1 Å². The monoisotopic (exact) mass is 394 g/mol. The molecule has 4 rings (SSSR count). The zero-order valence-corrected chi connectivity index (χ0v) is 17.9. The van der Waals surface area contributed by atoms with Crippen LogP contribution in [-0.2, 0) is 9.53 Å². The van der Waals surface area contributed by atoms with Crippen molar-refractivity contribution in [2.75, 3.05) is 0 Å². The molecule has 4 aliphatic rings. The van der Waals surface area contributed by atoms with Gasteiger partial charge in [-0.1, -0.05) is 13.8 Å². The maximum absolute atomic E-state index is 11.4. The predicted molar refractivity (Wildman–Crippen MR) is 105 cm³/mol. The number of carbonyl (C=O) groups is 1. The van der Waals surface area contributed by atoms with Gasteiger partial charge < -0.3 is 20.1 Å². The van der Waals surface area contributed by atoms with Crippen LogP contribution < -0.4 is 0 Å². The third-order valence-corrected chi connectivity index (χ3v) is 9.88. The van der Waals surface area contributed by atoms with E-state index >= 15 is 0 Å². The normalized spacial score (nSPS) is 54.2. The molecule has 3 N–H and O–H groups in total. The van der Waals surface area contributed by atoms with Gasteiger partial charge in [-0.15, -0.1) is 0 Å². The number of aliphatic hydroxyl groups is 3. The lowest BCUT2D eigenvalue weighted by Crippen LogP contribution is -2.61. The zero-order valence-electron chi connectivity index (χ0n) is 17.9. The summed E-state index contributed by atoms with van der Waals surface area (Å²) in [4.78, 5) is 11.4. The molecule has 0 spiro atoms. The molecule has 0 aromatic heterocycles. The first kappa shape index (κ1) is 20.6. The molecule has 0 saturated heterocycles. The van der Waals surface area contributed by atoms with Gasteiger partial charge >= 0.3 is 5.97 Å². The minimum Gasteiger partial charge on any atom is -0.463 e. The smallest absolute Gasteiger partial charge is 0.302 e. The van der Waals surface area contributed by atoms with Crippen molar-refractivity contribution in [1.29, 1.82) is 0 Å². The van der Waals surface area contributed by atoms with E-state index in [2.05, 4.69) is 13.8 Å². The lowest BCUT2D eigenvalue weighted by Gasteiger charge is -2.61. The van der Waals surface area contributed by atoms with E-state index in [9.17, 15) is 20.1 Å². The van der Waals surface area contributed by atoms with Crippen LogP contribution in [0.5, 0.6) is 0 Å². The maximum Gasteiger partial charge on any atom is 0.302 e. The van der Waals surface area contributed by atoms with Gasteiger partial charge in [-0.05, 0) is 87.4 Å². The van der Waals surface area contributed by atoms with Gasteiger partial charge in [-0.25, -0.2) is 0 Å². The minimum atomic E-state index is -1.41. The molecule has 0 aliphatic heterocycles. The number of hydrogen-bond acceptors (Lipinski definition) is 5. The largest absolute Gasteiger partial charge is 0.463 e. The van der Waals surface area contributed by atoms with Crippen molar-refractivity contribution in [2.24, 2.45) is 34.5 Å². The van der Waals surface area contributed by atoms with E-state index in [0.29, 0.717) is 24.2 Å². The first-order valence-electron chi connectivity index (χ1n) is 11.3. The SMILES string of the molecule is CC(=O)O[C@@H]1CC[C@@]2(C)[C@@H](CC[C@@H]3[C@@H]2CC[C@@]2(C)[C@H]3C[C@@H](O)[C@]2(O)[C@@H](C)O)C1.